The van der Waals surface area contributed by atoms with Crippen LogP contribution < -0.4 is 11.5 Å². The molecule has 2 atom stereocenters. The van der Waals surface area contributed by atoms with Gasteiger partial charge in [0.1, 0.15) is 36.4 Å². The minimum atomic E-state index is -4.16. The van der Waals surface area contributed by atoms with E-state index >= 15 is 0 Å². The topological polar surface area (TPSA) is 357 Å². The molecule has 0 saturated carbocycles. The van der Waals surface area contributed by atoms with E-state index in [2.05, 4.69) is 39.4 Å². The summed E-state index contributed by atoms with van der Waals surface area (Å²) in [5.74, 6) is 0.521. The van der Waals surface area contributed by atoms with Crippen molar-refractivity contribution in [3.05, 3.63) is 25.3 Å². The van der Waals surface area contributed by atoms with Crippen molar-refractivity contribution in [2.75, 3.05) is 43.8 Å². The summed E-state index contributed by atoms with van der Waals surface area (Å²) >= 11 is 5.06. The van der Waals surface area contributed by atoms with Crippen LogP contribution in [0, 0.1) is 0 Å². The predicted molar refractivity (Wildman–Crippen MR) is 221 cm³/mol. The van der Waals surface area contributed by atoms with Crippen LogP contribution in [-0.2, 0) is 69.2 Å². The maximum absolute atomic E-state index is 13.1. The lowest BCUT2D eigenvalue weighted by Gasteiger charge is -2.21. The van der Waals surface area contributed by atoms with Gasteiger partial charge in [-0.1, -0.05) is 11.6 Å². The van der Waals surface area contributed by atoms with Crippen molar-refractivity contribution in [3.8, 4) is 0 Å². The zero-order valence-corrected chi connectivity index (χ0v) is 38.2. The van der Waals surface area contributed by atoms with Gasteiger partial charge in [0.05, 0.1) is 56.3 Å². The molecule has 4 aromatic heterocycles. The van der Waals surface area contributed by atoms with Crippen molar-refractivity contribution in [3.63, 3.8) is 0 Å². The zero-order valence-electron chi connectivity index (χ0n) is 35.7. The van der Waals surface area contributed by atoms with Gasteiger partial charge >= 0.3 is 33.7 Å². The van der Waals surface area contributed by atoms with E-state index < -0.39 is 84.4 Å². The van der Waals surface area contributed by atoms with Gasteiger partial charge in [-0.3, -0.25) is 18.2 Å². The first-order valence-corrected chi connectivity index (χ1v) is 22.6. The zero-order chi connectivity index (χ0) is 47.3. The highest BCUT2D eigenvalue weighted by Gasteiger charge is 2.29. The number of carbonyl (C=O) groups excluding carboxylic acids is 3. The molecule has 0 fully saturated rings. The standard InChI is InChI=1S/C19H30N5O10P.C9H14N5O4P.C5H9ClO3/c1-12(2)33-18(25)28-9-31-35(27,32-10-29-19(26)34-13(3)4)11-30-14(5)6-24-8-23-15-16(20)21-7-22-17(15)24;1-6(18-5-19(15,16)17)2-14-4-13-7-8(10)11-3-12-9(7)14;1-4(2)9-5(7)8-3-6/h7-8,12-14H,6,9-11H2,1-5H3,(H2,20,21,22);3-4,6H,2,5H2,1H3,(H2,10,11,12)(H2,15,16,17);4H,3H2,1-2H3/t14-;6-;/m11./s1. The van der Waals surface area contributed by atoms with Gasteiger partial charge in [0.25, 0.3) is 0 Å². The Kier molecular flexibility index (Phi) is 22.9. The third-order valence-corrected chi connectivity index (χ3v) is 8.89. The largest absolute Gasteiger partial charge is 0.510 e. The molecule has 4 heterocycles. The van der Waals surface area contributed by atoms with Gasteiger partial charge < -0.3 is 68.3 Å². The third-order valence-electron chi connectivity index (χ3n) is 6.83. The summed E-state index contributed by atoms with van der Waals surface area (Å²) in [7, 11) is -8.22. The van der Waals surface area contributed by atoms with Gasteiger partial charge in [-0.05, 0) is 55.4 Å². The van der Waals surface area contributed by atoms with Crippen LogP contribution >= 0.6 is 26.8 Å². The van der Waals surface area contributed by atoms with Gasteiger partial charge in [0, 0.05) is 0 Å². The molecule has 27 nitrogen and oxygen atoms in total. The normalized spacial score (nSPS) is 12.5. The highest BCUT2D eigenvalue weighted by Crippen LogP contribution is 2.48. The number of nitrogen functional groups attached to an aromatic ring is 2. The van der Waals surface area contributed by atoms with E-state index in [-0.39, 0.29) is 30.4 Å². The summed E-state index contributed by atoms with van der Waals surface area (Å²) in [6, 6.07) is -0.161. The van der Waals surface area contributed by atoms with Crippen molar-refractivity contribution < 1.29 is 80.2 Å². The smallest absolute Gasteiger partial charge is 0.432 e. The second-order valence-electron chi connectivity index (χ2n) is 13.4. The molecule has 354 valence electrons. The number of aromatic nitrogens is 8. The summed E-state index contributed by atoms with van der Waals surface area (Å²) in [5, 5.41) is 0. The summed E-state index contributed by atoms with van der Waals surface area (Å²) in [5.41, 5.74) is 13.4. The monoisotopic (exact) mass is 958 g/mol. The Morgan fingerprint density at radius 2 is 1.02 bits per heavy atom. The molecule has 0 saturated heterocycles. The van der Waals surface area contributed by atoms with Crippen molar-refractivity contribution in [2.24, 2.45) is 0 Å². The quantitative estimate of drug-likeness (QED) is 0.0306. The summed E-state index contributed by atoms with van der Waals surface area (Å²) in [6.45, 7) is 12.5. The Morgan fingerprint density at radius 1 is 0.635 bits per heavy atom. The molecule has 0 spiro atoms. The number of alkyl halides is 1. The van der Waals surface area contributed by atoms with E-state index in [1.807, 2.05) is 0 Å². The minimum absolute atomic E-state index is 0.152. The van der Waals surface area contributed by atoms with Crippen LogP contribution in [0.5, 0.6) is 0 Å². The number of halogens is 1. The molecule has 0 aliphatic carbocycles. The van der Waals surface area contributed by atoms with Crippen molar-refractivity contribution in [1.29, 1.82) is 0 Å². The first-order valence-electron chi connectivity index (χ1n) is 18.6. The summed E-state index contributed by atoms with van der Waals surface area (Å²) < 4.78 is 75.9. The van der Waals surface area contributed by atoms with Crippen molar-refractivity contribution in [2.45, 2.75) is 99.0 Å². The van der Waals surface area contributed by atoms with Crippen LogP contribution in [0.1, 0.15) is 55.4 Å². The molecule has 0 bridgehead atoms. The SMILES string of the molecule is CC(C)OC(=O)OCCl.CC(C)OC(=O)OCOP(=O)(CO[C@H](C)Cn1cnc2c(N)ncnc21)OCOC(=O)OC(C)C.C[C@H](Cn1cnc2c(N)ncnc21)OCP(=O)(O)O. The second kappa shape index (κ2) is 26.6. The molecule has 4 rings (SSSR count). The Bertz CT molecular complexity index is 2110. The first-order chi connectivity index (χ1) is 29.5. The number of nitrogens with two attached hydrogens (primary N) is 2. The maximum atomic E-state index is 13.1. The van der Waals surface area contributed by atoms with Crippen molar-refractivity contribution in [1.82, 2.24) is 39.0 Å². The fourth-order valence-corrected chi connectivity index (χ4v) is 5.94. The van der Waals surface area contributed by atoms with Crippen LogP contribution in [0.3, 0.4) is 0 Å². The molecular weight excluding hydrogens is 906 g/mol. The van der Waals surface area contributed by atoms with E-state index in [0.717, 1.165) is 0 Å². The van der Waals surface area contributed by atoms with E-state index in [4.69, 9.17) is 70.3 Å². The van der Waals surface area contributed by atoms with E-state index in [0.29, 0.717) is 28.9 Å². The average molecular weight is 959 g/mol. The maximum Gasteiger partial charge on any atom is 0.510 e. The lowest BCUT2D eigenvalue weighted by Crippen LogP contribution is -2.20. The van der Waals surface area contributed by atoms with E-state index in [9.17, 15) is 23.5 Å². The molecular formula is C33H53ClN10O17P2. The number of carbonyl (C=O) groups is 3. The number of anilines is 2. The number of nitrogens with zero attached hydrogens (tertiary/aromatic N) is 8. The molecule has 0 aliphatic rings. The number of ether oxygens (including phenoxy) is 8. The molecule has 30 heteroatoms. The highest BCUT2D eigenvalue weighted by atomic mass is 35.5. The number of imidazole rings is 2. The molecule has 0 aromatic carbocycles. The summed E-state index contributed by atoms with van der Waals surface area (Å²) in [4.78, 5) is 75.0. The molecule has 63 heavy (non-hydrogen) atoms. The molecule has 0 radical (unpaired) electrons. The van der Waals surface area contributed by atoms with Gasteiger partial charge in [0.15, 0.2) is 29.0 Å². The second-order valence-corrected chi connectivity index (χ2v) is 17.2. The number of rotatable bonds is 20. The molecule has 4 aromatic rings. The molecule has 0 aliphatic heterocycles. The highest BCUT2D eigenvalue weighted by molar-refractivity contribution is 7.53. The van der Waals surface area contributed by atoms with Gasteiger partial charge in [0.2, 0.25) is 13.6 Å². The van der Waals surface area contributed by atoms with Crippen LogP contribution in [0.25, 0.3) is 22.3 Å². The predicted octanol–water partition coefficient (Wildman–Crippen LogP) is 4.73. The Balaban J connectivity index is 0.000000403. The van der Waals surface area contributed by atoms with Gasteiger partial charge in [-0.2, -0.15) is 0 Å². The fourth-order valence-electron chi connectivity index (χ4n) is 4.31. The Hall–Kier alpha value is -4.98. The number of hydrogen-bond acceptors (Lipinski definition) is 23. The van der Waals surface area contributed by atoms with Crippen LogP contribution in [0.2, 0.25) is 0 Å². The third kappa shape index (κ3) is 21.3. The molecule has 0 amide bonds. The van der Waals surface area contributed by atoms with Crippen molar-refractivity contribution >= 4 is 79.2 Å². The number of fused-ring (bicyclic) bond motifs is 2. The first kappa shape index (κ1) is 54.2. The Morgan fingerprint density at radius 3 is 1.38 bits per heavy atom. The van der Waals surface area contributed by atoms with E-state index in [1.54, 1.807) is 64.5 Å². The van der Waals surface area contributed by atoms with Crippen LogP contribution in [0.15, 0.2) is 25.3 Å². The molecule has 0 unspecified atom stereocenters. The average Bonchev–Trinajstić information content (AvgIpc) is 3.78. The molecule has 6 N–H and O–H groups in total. The van der Waals surface area contributed by atoms with E-state index in [1.165, 1.54) is 25.3 Å². The van der Waals surface area contributed by atoms with Gasteiger partial charge in [-0.25, -0.2) is 44.3 Å². The van der Waals surface area contributed by atoms with Crippen LogP contribution in [-0.4, -0.2) is 130 Å². The number of hydrogen-bond donors (Lipinski definition) is 4. The van der Waals surface area contributed by atoms with Crippen LogP contribution in [0.4, 0.5) is 26.0 Å². The lowest BCUT2D eigenvalue weighted by molar-refractivity contribution is -0.0369. The van der Waals surface area contributed by atoms with Gasteiger partial charge in [-0.15, -0.1) is 0 Å². The Labute approximate surface area is 366 Å². The lowest BCUT2D eigenvalue weighted by atomic mass is 10.4. The minimum Gasteiger partial charge on any atom is -0.432 e. The fraction of sp³-hybridized carbons (Fsp3) is 0.606. The summed E-state index contributed by atoms with van der Waals surface area (Å²) in [6.07, 6.45) is -0.159.